The summed E-state index contributed by atoms with van der Waals surface area (Å²) in [6.45, 7) is -0.279. The van der Waals surface area contributed by atoms with Crippen LogP contribution in [0.15, 0.2) is 46.3 Å². The van der Waals surface area contributed by atoms with E-state index >= 15 is 0 Å². The van der Waals surface area contributed by atoms with Crippen LogP contribution < -0.4 is 5.48 Å². The molecule has 1 heterocycles. The van der Waals surface area contributed by atoms with E-state index in [-0.39, 0.29) is 18.9 Å². The molecule has 26 heavy (non-hydrogen) atoms. The first-order valence-corrected chi connectivity index (χ1v) is 9.68. The summed E-state index contributed by atoms with van der Waals surface area (Å²) in [6.07, 6.45) is 0.628. The van der Waals surface area contributed by atoms with Crippen LogP contribution in [-0.2, 0) is 11.2 Å². The van der Waals surface area contributed by atoms with Gasteiger partial charge in [0.05, 0.1) is 21.3 Å². The summed E-state index contributed by atoms with van der Waals surface area (Å²) in [6, 6.07) is 12.4. The number of halogens is 1. The van der Waals surface area contributed by atoms with Crippen molar-refractivity contribution in [2.75, 3.05) is 13.7 Å². The summed E-state index contributed by atoms with van der Waals surface area (Å²) in [5.74, 6) is -1.33. The third-order valence-electron chi connectivity index (χ3n) is 4.23. The SMILES string of the molecule is CN(C(=O)c1ccc(Br)s1)[C@H](CO)C[C@H](Cc1ccccc1)C(=O)NO. The van der Waals surface area contributed by atoms with Gasteiger partial charge in [-0.15, -0.1) is 11.3 Å². The number of aliphatic hydroxyl groups is 1. The zero-order valence-electron chi connectivity index (χ0n) is 14.3. The minimum atomic E-state index is -0.579. The number of amides is 2. The maximum atomic E-state index is 12.6. The summed E-state index contributed by atoms with van der Waals surface area (Å²) < 4.78 is 0.844. The van der Waals surface area contributed by atoms with Gasteiger partial charge in [-0.05, 0) is 46.5 Å². The monoisotopic (exact) mass is 440 g/mol. The fourth-order valence-electron chi connectivity index (χ4n) is 2.73. The molecule has 0 aliphatic rings. The highest BCUT2D eigenvalue weighted by Crippen LogP contribution is 2.25. The molecule has 2 aromatic rings. The molecule has 1 aromatic heterocycles. The fraction of sp³-hybridized carbons (Fsp3) is 0.333. The number of hydrogen-bond donors (Lipinski definition) is 3. The van der Waals surface area contributed by atoms with Gasteiger partial charge in [0.1, 0.15) is 0 Å². The predicted molar refractivity (Wildman–Crippen MR) is 103 cm³/mol. The molecular weight excluding hydrogens is 420 g/mol. The number of nitrogens with zero attached hydrogens (tertiary/aromatic N) is 1. The van der Waals surface area contributed by atoms with E-state index in [2.05, 4.69) is 15.9 Å². The number of aliphatic hydroxyl groups excluding tert-OH is 1. The molecule has 0 aliphatic carbocycles. The Bertz CT molecular complexity index is 738. The molecule has 2 rings (SSSR count). The lowest BCUT2D eigenvalue weighted by Crippen LogP contribution is -2.43. The molecule has 8 heteroatoms. The number of rotatable bonds is 8. The normalized spacial score (nSPS) is 13.1. The molecule has 0 fully saturated rings. The predicted octanol–water partition coefficient (Wildman–Crippen LogP) is 2.70. The van der Waals surface area contributed by atoms with Crippen LogP contribution in [0.2, 0.25) is 0 Å². The Kier molecular flexibility index (Phi) is 7.77. The average Bonchev–Trinajstić information content (AvgIpc) is 3.10. The van der Waals surface area contributed by atoms with Crippen molar-refractivity contribution in [3.8, 4) is 0 Å². The van der Waals surface area contributed by atoms with Crippen molar-refractivity contribution in [1.82, 2.24) is 10.4 Å². The molecule has 0 bridgehead atoms. The van der Waals surface area contributed by atoms with E-state index in [9.17, 15) is 14.7 Å². The Labute approximate surface area is 164 Å². The van der Waals surface area contributed by atoms with E-state index in [1.807, 2.05) is 30.3 Å². The molecule has 0 spiro atoms. The highest BCUT2D eigenvalue weighted by Gasteiger charge is 2.28. The third-order valence-corrected chi connectivity index (χ3v) is 5.84. The smallest absolute Gasteiger partial charge is 0.264 e. The van der Waals surface area contributed by atoms with Gasteiger partial charge in [-0.25, -0.2) is 5.48 Å². The largest absolute Gasteiger partial charge is 0.394 e. The molecule has 0 saturated heterocycles. The number of carbonyl (C=O) groups is 2. The Hall–Kier alpha value is -1.74. The molecule has 2 atom stereocenters. The van der Waals surface area contributed by atoms with Crippen LogP contribution in [0.5, 0.6) is 0 Å². The van der Waals surface area contributed by atoms with Gasteiger partial charge in [-0.1, -0.05) is 30.3 Å². The minimum absolute atomic E-state index is 0.220. The Morgan fingerprint density at radius 2 is 1.92 bits per heavy atom. The van der Waals surface area contributed by atoms with Crippen LogP contribution in [0.25, 0.3) is 0 Å². The van der Waals surface area contributed by atoms with Crippen molar-refractivity contribution in [2.24, 2.45) is 5.92 Å². The molecule has 2 amide bonds. The molecule has 0 radical (unpaired) electrons. The van der Waals surface area contributed by atoms with Gasteiger partial charge in [-0.2, -0.15) is 0 Å². The van der Waals surface area contributed by atoms with Crippen molar-refractivity contribution >= 4 is 39.1 Å². The standard InChI is InChI=1S/C18H21BrN2O4S/c1-21(18(24)15-7-8-16(19)26-15)14(11-22)10-13(17(23)20-25)9-12-5-3-2-4-6-12/h2-8,13-14,22,25H,9-11H2,1H3,(H,20,23)/t13-,14-/m0/s1. The van der Waals surface area contributed by atoms with Gasteiger partial charge in [0.25, 0.3) is 5.91 Å². The molecule has 140 valence electrons. The van der Waals surface area contributed by atoms with Crippen LogP contribution >= 0.6 is 27.3 Å². The summed E-state index contributed by atoms with van der Waals surface area (Å²) in [5, 5.41) is 18.8. The highest BCUT2D eigenvalue weighted by atomic mass is 79.9. The number of carbonyl (C=O) groups excluding carboxylic acids is 2. The Morgan fingerprint density at radius 1 is 1.23 bits per heavy atom. The second kappa shape index (κ2) is 9.82. The first-order chi connectivity index (χ1) is 12.5. The van der Waals surface area contributed by atoms with E-state index in [4.69, 9.17) is 5.21 Å². The topological polar surface area (TPSA) is 89.9 Å². The molecular formula is C18H21BrN2O4S. The van der Waals surface area contributed by atoms with Crippen LogP contribution in [0, 0.1) is 5.92 Å². The first-order valence-electron chi connectivity index (χ1n) is 8.07. The van der Waals surface area contributed by atoms with Gasteiger partial charge >= 0.3 is 0 Å². The van der Waals surface area contributed by atoms with Crippen LogP contribution in [-0.4, -0.2) is 46.7 Å². The zero-order chi connectivity index (χ0) is 19.1. The Morgan fingerprint density at radius 3 is 2.46 bits per heavy atom. The van der Waals surface area contributed by atoms with Crippen molar-refractivity contribution < 1.29 is 19.9 Å². The summed E-state index contributed by atoms with van der Waals surface area (Å²) in [4.78, 5) is 26.7. The quantitative estimate of drug-likeness (QED) is 0.434. The highest BCUT2D eigenvalue weighted by molar-refractivity contribution is 9.11. The fourth-order valence-corrected chi connectivity index (χ4v) is 4.09. The number of hydrogen-bond acceptors (Lipinski definition) is 5. The molecule has 0 saturated carbocycles. The lowest BCUT2D eigenvalue weighted by molar-refractivity contribution is -0.134. The van der Waals surface area contributed by atoms with E-state index in [0.29, 0.717) is 11.3 Å². The van der Waals surface area contributed by atoms with E-state index in [0.717, 1.165) is 9.35 Å². The Balaban J connectivity index is 2.12. The lowest BCUT2D eigenvalue weighted by atomic mass is 9.91. The number of thiophene rings is 1. The summed E-state index contributed by atoms with van der Waals surface area (Å²) in [7, 11) is 1.60. The van der Waals surface area contributed by atoms with Gasteiger partial charge < -0.3 is 10.0 Å². The summed E-state index contributed by atoms with van der Waals surface area (Å²) >= 11 is 4.64. The van der Waals surface area contributed by atoms with Crippen LogP contribution in [0.3, 0.4) is 0 Å². The average molecular weight is 441 g/mol. The number of benzene rings is 1. The molecule has 0 unspecified atom stereocenters. The summed E-state index contributed by atoms with van der Waals surface area (Å²) in [5.41, 5.74) is 2.63. The van der Waals surface area contributed by atoms with E-state index in [1.54, 1.807) is 24.7 Å². The molecule has 0 aliphatic heterocycles. The third kappa shape index (κ3) is 5.38. The second-order valence-corrected chi connectivity index (χ2v) is 8.42. The van der Waals surface area contributed by atoms with E-state index in [1.165, 1.54) is 16.2 Å². The van der Waals surface area contributed by atoms with Gasteiger partial charge in [0, 0.05) is 13.0 Å². The van der Waals surface area contributed by atoms with Gasteiger partial charge in [-0.3, -0.25) is 14.8 Å². The maximum Gasteiger partial charge on any atom is 0.264 e. The van der Waals surface area contributed by atoms with Crippen molar-refractivity contribution in [2.45, 2.75) is 18.9 Å². The number of nitrogens with one attached hydrogen (secondary N) is 1. The second-order valence-electron chi connectivity index (χ2n) is 5.95. The van der Waals surface area contributed by atoms with Gasteiger partial charge in [0.2, 0.25) is 5.91 Å². The maximum absolute atomic E-state index is 12.6. The molecule has 6 nitrogen and oxygen atoms in total. The van der Waals surface area contributed by atoms with Crippen molar-refractivity contribution in [3.05, 3.63) is 56.7 Å². The van der Waals surface area contributed by atoms with Crippen LogP contribution in [0.1, 0.15) is 21.7 Å². The van der Waals surface area contributed by atoms with E-state index < -0.39 is 17.9 Å². The van der Waals surface area contributed by atoms with Crippen LogP contribution in [0.4, 0.5) is 0 Å². The minimum Gasteiger partial charge on any atom is -0.394 e. The van der Waals surface area contributed by atoms with Crippen molar-refractivity contribution in [3.63, 3.8) is 0 Å². The zero-order valence-corrected chi connectivity index (χ0v) is 16.7. The van der Waals surface area contributed by atoms with Crippen molar-refractivity contribution in [1.29, 1.82) is 0 Å². The molecule has 3 N–H and O–H groups in total. The number of hydroxylamine groups is 1. The molecule has 1 aromatic carbocycles. The number of likely N-dealkylation sites (N-methyl/N-ethyl adjacent to an activating group) is 1. The lowest BCUT2D eigenvalue weighted by Gasteiger charge is -2.29. The van der Waals surface area contributed by atoms with Gasteiger partial charge in [0.15, 0.2) is 0 Å². The first kappa shape index (κ1) is 20.6.